The van der Waals surface area contributed by atoms with Crippen LogP contribution in [0, 0.1) is 6.92 Å². The minimum absolute atomic E-state index is 0.682. The van der Waals surface area contributed by atoms with Gasteiger partial charge in [-0.3, -0.25) is 4.98 Å². The maximum Gasteiger partial charge on any atom is 0.0908 e. The van der Waals surface area contributed by atoms with Gasteiger partial charge in [-0.05, 0) is 36.8 Å². The maximum absolute atomic E-state index is 6.17. The predicted molar refractivity (Wildman–Crippen MR) is 85.3 cm³/mol. The van der Waals surface area contributed by atoms with Gasteiger partial charge in [-0.15, -0.1) is 0 Å². The van der Waals surface area contributed by atoms with Crippen LogP contribution in [-0.4, -0.2) is 4.98 Å². The molecule has 0 amide bonds. The SMILES string of the molecule is Cc1ccc(CNc2ccc(Cl)c3ncccc23)cc1. The fourth-order valence-electron chi connectivity index (χ4n) is 2.20. The van der Waals surface area contributed by atoms with Gasteiger partial charge in [0.1, 0.15) is 0 Å². The number of hydrogen-bond acceptors (Lipinski definition) is 2. The Morgan fingerprint density at radius 1 is 1.05 bits per heavy atom. The van der Waals surface area contributed by atoms with E-state index in [0.717, 1.165) is 23.1 Å². The number of fused-ring (bicyclic) bond motifs is 1. The van der Waals surface area contributed by atoms with Crippen molar-refractivity contribution in [2.45, 2.75) is 13.5 Å². The minimum atomic E-state index is 0.682. The Morgan fingerprint density at radius 3 is 2.65 bits per heavy atom. The summed E-state index contributed by atoms with van der Waals surface area (Å²) in [7, 11) is 0. The molecule has 3 heteroatoms. The second kappa shape index (κ2) is 5.51. The molecule has 0 unspecified atom stereocenters. The Morgan fingerprint density at radius 2 is 1.85 bits per heavy atom. The Labute approximate surface area is 123 Å². The quantitative estimate of drug-likeness (QED) is 0.746. The van der Waals surface area contributed by atoms with E-state index in [4.69, 9.17) is 11.6 Å². The molecule has 100 valence electrons. The van der Waals surface area contributed by atoms with Gasteiger partial charge in [0.05, 0.1) is 10.5 Å². The third-order valence-corrected chi connectivity index (χ3v) is 3.63. The van der Waals surface area contributed by atoms with Crippen molar-refractivity contribution >= 4 is 28.2 Å². The Hall–Kier alpha value is -2.06. The highest BCUT2D eigenvalue weighted by atomic mass is 35.5. The average Bonchev–Trinajstić information content (AvgIpc) is 2.49. The molecule has 0 saturated carbocycles. The van der Waals surface area contributed by atoms with Crippen LogP contribution in [0.4, 0.5) is 5.69 Å². The smallest absolute Gasteiger partial charge is 0.0908 e. The van der Waals surface area contributed by atoms with Crippen molar-refractivity contribution in [3.63, 3.8) is 0 Å². The molecule has 0 radical (unpaired) electrons. The molecule has 1 heterocycles. The van der Waals surface area contributed by atoms with E-state index in [2.05, 4.69) is 41.5 Å². The van der Waals surface area contributed by atoms with Gasteiger partial charge in [-0.2, -0.15) is 0 Å². The number of rotatable bonds is 3. The number of aryl methyl sites for hydroxylation is 1. The minimum Gasteiger partial charge on any atom is -0.380 e. The van der Waals surface area contributed by atoms with Gasteiger partial charge in [-0.25, -0.2) is 0 Å². The number of nitrogens with one attached hydrogen (secondary N) is 1. The van der Waals surface area contributed by atoms with Crippen molar-refractivity contribution in [1.82, 2.24) is 4.98 Å². The van der Waals surface area contributed by atoms with E-state index >= 15 is 0 Å². The van der Waals surface area contributed by atoms with E-state index in [1.54, 1.807) is 6.20 Å². The summed E-state index contributed by atoms with van der Waals surface area (Å²) in [6, 6.07) is 16.4. The van der Waals surface area contributed by atoms with Crippen molar-refractivity contribution in [3.05, 3.63) is 70.9 Å². The van der Waals surface area contributed by atoms with Crippen molar-refractivity contribution < 1.29 is 0 Å². The molecule has 0 aliphatic rings. The molecule has 0 saturated heterocycles. The third kappa shape index (κ3) is 2.61. The Balaban J connectivity index is 1.88. The summed E-state index contributed by atoms with van der Waals surface area (Å²) in [4.78, 5) is 4.34. The third-order valence-electron chi connectivity index (χ3n) is 3.32. The van der Waals surface area contributed by atoms with E-state index < -0.39 is 0 Å². The summed E-state index contributed by atoms with van der Waals surface area (Å²) >= 11 is 6.17. The van der Waals surface area contributed by atoms with Crippen molar-refractivity contribution in [1.29, 1.82) is 0 Å². The zero-order valence-electron chi connectivity index (χ0n) is 11.2. The molecule has 0 aliphatic carbocycles. The van der Waals surface area contributed by atoms with Crippen LogP contribution in [0.5, 0.6) is 0 Å². The van der Waals surface area contributed by atoms with Gasteiger partial charge in [0.25, 0.3) is 0 Å². The van der Waals surface area contributed by atoms with Gasteiger partial charge in [-0.1, -0.05) is 41.4 Å². The molecule has 0 spiro atoms. The summed E-state index contributed by atoms with van der Waals surface area (Å²) in [5.74, 6) is 0. The highest BCUT2D eigenvalue weighted by Gasteiger charge is 2.05. The van der Waals surface area contributed by atoms with Crippen LogP contribution in [0.3, 0.4) is 0 Å². The lowest BCUT2D eigenvalue weighted by molar-refractivity contribution is 1.15. The topological polar surface area (TPSA) is 24.9 Å². The van der Waals surface area contributed by atoms with Crippen LogP contribution < -0.4 is 5.32 Å². The molecule has 0 fully saturated rings. The highest BCUT2D eigenvalue weighted by Crippen LogP contribution is 2.28. The standard InChI is InChI=1S/C17H15ClN2/c1-12-4-6-13(7-5-12)11-20-16-9-8-15(18)17-14(16)3-2-10-19-17/h2-10,20H,11H2,1H3. The zero-order valence-corrected chi connectivity index (χ0v) is 12.0. The summed E-state index contributed by atoms with van der Waals surface area (Å²) < 4.78 is 0. The molecule has 0 bridgehead atoms. The molecule has 2 aromatic carbocycles. The summed E-state index contributed by atoms with van der Waals surface area (Å²) in [6.07, 6.45) is 1.76. The van der Waals surface area contributed by atoms with E-state index in [0.29, 0.717) is 5.02 Å². The lowest BCUT2D eigenvalue weighted by Gasteiger charge is -2.10. The van der Waals surface area contributed by atoms with Crippen LogP contribution in [0.25, 0.3) is 10.9 Å². The first-order valence-corrected chi connectivity index (χ1v) is 6.94. The molecule has 20 heavy (non-hydrogen) atoms. The summed E-state index contributed by atoms with van der Waals surface area (Å²) in [5.41, 5.74) is 4.42. The van der Waals surface area contributed by atoms with Crippen LogP contribution in [0.1, 0.15) is 11.1 Å². The van der Waals surface area contributed by atoms with Gasteiger partial charge in [0.2, 0.25) is 0 Å². The fourth-order valence-corrected chi connectivity index (χ4v) is 2.41. The molecular weight excluding hydrogens is 268 g/mol. The summed E-state index contributed by atoms with van der Waals surface area (Å²) in [6.45, 7) is 2.88. The maximum atomic E-state index is 6.17. The van der Waals surface area contributed by atoms with Gasteiger partial charge in [0, 0.05) is 23.8 Å². The monoisotopic (exact) mass is 282 g/mol. The zero-order chi connectivity index (χ0) is 13.9. The number of pyridine rings is 1. The molecule has 2 nitrogen and oxygen atoms in total. The first kappa shape index (κ1) is 12.9. The number of benzene rings is 2. The molecule has 1 aromatic heterocycles. The fraction of sp³-hybridized carbons (Fsp3) is 0.118. The van der Waals surface area contributed by atoms with Gasteiger partial charge in [0.15, 0.2) is 0 Å². The van der Waals surface area contributed by atoms with Gasteiger partial charge >= 0.3 is 0 Å². The Kier molecular flexibility index (Phi) is 3.57. The summed E-state index contributed by atoms with van der Waals surface area (Å²) in [5, 5.41) is 5.18. The largest absolute Gasteiger partial charge is 0.380 e. The number of anilines is 1. The second-order valence-electron chi connectivity index (χ2n) is 4.83. The first-order valence-electron chi connectivity index (χ1n) is 6.57. The molecular formula is C17H15ClN2. The van der Waals surface area contributed by atoms with E-state index in [-0.39, 0.29) is 0 Å². The van der Waals surface area contributed by atoms with Crippen molar-refractivity contribution in [2.24, 2.45) is 0 Å². The van der Waals surface area contributed by atoms with Crippen LogP contribution in [0.2, 0.25) is 5.02 Å². The van der Waals surface area contributed by atoms with Crippen LogP contribution in [0.15, 0.2) is 54.7 Å². The lowest BCUT2D eigenvalue weighted by Crippen LogP contribution is -2.00. The number of aromatic nitrogens is 1. The lowest BCUT2D eigenvalue weighted by atomic mass is 10.1. The van der Waals surface area contributed by atoms with Gasteiger partial charge < -0.3 is 5.32 Å². The van der Waals surface area contributed by atoms with E-state index in [1.165, 1.54) is 11.1 Å². The average molecular weight is 283 g/mol. The van der Waals surface area contributed by atoms with Crippen LogP contribution >= 0.6 is 11.6 Å². The predicted octanol–water partition coefficient (Wildman–Crippen LogP) is 4.81. The normalized spacial score (nSPS) is 10.7. The van der Waals surface area contributed by atoms with Crippen molar-refractivity contribution in [3.8, 4) is 0 Å². The number of hydrogen-bond donors (Lipinski definition) is 1. The number of halogens is 1. The molecule has 3 rings (SSSR count). The first-order chi connectivity index (χ1) is 9.74. The molecule has 3 aromatic rings. The number of nitrogens with zero attached hydrogens (tertiary/aromatic N) is 1. The van der Waals surface area contributed by atoms with E-state index in [1.807, 2.05) is 24.3 Å². The van der Waals surface area contributed by atoms with Crippen LogP contribution in [-0.2, 0) is 6.54 Å². The highest BCUT2D eigenvalue weighted by molar-refractivity contribution is 6.35. The van der Waals surface area contributed by atoms with E-state index in [9.17, 15) is 0 Å². The Bertz CT molecular complexity index is 736. The molecule has 0 atom stereocenters. The molecule has 0 aliphatic heterocycles. The molecule has 1 N–H and O–H groups in total. The van der Waals surface area contributed by atoms with Crippen molar-refractivity contribution in [2.75, 3.05) is 5.32 Å². The second-order valence-corrected chi connectivity index (χ2v) is 5.24.